The van der Waals surface area contributed by atoms with Crippen molar-refractivity contribution in [3.63, 3.8) is 0 Å². The lowest BCUT2D eigenvalue weighted by Crippen LogP contribution is -2.07. The Hall–Kier alpha value is -2.81. The van der Waals surface area contributed by atoms with Gasteiger partial charge in [0.25, 0.3) is 0 Å². The number of nitrogens with two attached hydrogens (primary N) is 1. The van der Waals surface area contributed by atoms with Crippen LogP contribution in [0, 0.1) is 0 Å². The zero-order valence-electron chi connectivity index (χ0n) is 11.9. The fraction of sp³-hybridized carbons (Fsp3) is 0.143. The van der Waals surface area contributed by atoms with E-state index in [1.807, 2.05) is 0 Å². The third kappa shape index (κ3) is 3.89. The second-order valence-corrected chi connectivity index (χ2v) is 4.66. The number of hydroxylamine groups is 1. The Labute approximate surface area is 129 Å². The summed E-state index contributed by atoms with van der Waals surface area (Å²) < 4.78 is 39.8. The van der Waals surface area contributed by atoms with Gasteiger partial charge in [-0.25, -0.2) is 9.98 Å². The first-order valence-electron chi connectivity index (χ1n) is 6.41. The van der Waals surface area contributed by atoms with Gasteiger partial charge in [0, 0.05) is 0 Å². The van der Waals surface area contributed by atoms with E-state index in [4.69, 9.17) is 10.9 Å². The Bertz CT molecular complexity index is 736. The van der Waals surface area contributed by atoms with Crippen LogP contribution in [0.15, 0.2) is 42.2 Å². The number of rotatable bonds is 5. The number of hydrogen-bond acceptors (Lipinski definition) is 4. The minimum atomic E-state index is -4.41. The van der Waals surface area contributed by atoms with E-state index < -0.39 is 11.7 Å². The first-order valence-corrected chi connectivity index (χ1v) is 6.41. The van der Waals surface area contributed by atoms with Crippen molar-refractivity contribution in [2.24, 2.45) is 10.7 Å². The molecule has 0 unspecified atom stereocenters. The largest absolute Gasteiger partial charge is 0.416 e. The minimum absolute atomic E-state index is 0.0995. The van der Waals surface area contributed by atoms with Crippen LogP contribution in [-0.4, -0.2) is 21.1 Å². The van der Waals surface area contributed by atoms with Crippen LogP contribution in [0.5, 0.6) is 0 Å². The van der Waals surface area contributed by atoms with Crippen molar-refractivity contribution in [3.8, 4) is 0 Å². The van der Waals surface area contributed by atoms with Gasteiger partial charge in [-0.05, 0) is 17.7 Å². The molecular formula is C14H14F3N5O. The number of imidazole rings is 1. The molecule has 2 rings (SSSR count). The molecule has 4 N–H and O–H groups in total. The average molecular weight is 325 g/mol. The average Bonchev–Trinajstić information content (AvgIpc) is 2.87. The van der Waals surface area contributed by atoms with Crippen LogP contribution in [-0.2, 0) is 12.7 Å². The summed E-state index contributed by atoms with van der Waals surface area (Å²) in [5, 5.41) is 8.59. The van der Waals surface area contributed by atoms with Gasteiger partial charge in [-0.2, -0.15) is 13.2 Å². The maximum atomic E-state index is 12.8. The molecule has 0 aliphatic rings. The Morgan fingerprint density at radius 2 is 2.22 bits per heavy atom. The third-order valence-electron chi connectivity index (χ3n) is 2.97. The van der Waals surface area contributed by atoms with Crippen molar-refractivity contribution in [1.82, 2.24) is 15.0 Å². The smallest absolute Gasteiger partial charge is 0.397 e. The Morgan fingerprint density at radius 1 is 1.48 bits per heavy atom. The van der Waals surface area contributed by atoms with Gasteiger partial charge in [-0.15, -0.1) is 0 Å². The highest BCUT2D eigenvalue weighted by atomic mass is 19.4. The van der Waals surface area contributed by atoms with E-state index in [0.717, 1.165) is 18.5 Å². The van der Waals surface area contributed by atoms with Crippen molar-refractivity contribution >= 4 is 17.9 Å². The highest BCUT2D eigenvalue weighted by Gasteiger charge is 2.30. The molecule has 1 aromatic carbocycles. The number of alkyl halides is 3. The van der Waals surface area contributed by atoms with Gasteiger partial charge in [-0.1, -0.05) is 18.7 Å². The molecular weight excluding hydrogens is 311 g/mol. The zero-order valence-corrected chi connectivity index (χ0v) is 11.9. The number of benzene rings is 1. The monoisotopic (exact) mass is 325 g/mol. The standard InChI is InChI=1S/C14H14F3N5O/c1-9(18)12-13(19-7-21-23)22(8-20-12)6-10-3-2-4-11(5-10)14(15,16)17/h2-5,7-8,23H,1,6,18H2,(H,19,21). The molecule has 0 aliphatic heterocycles. The molecule has 0 fully saturated rings. The number of aliphatic imine (C=N–C) groups is 1. The topological polar surface area (TPSA) is 88.5 Å². The summed E-state index contributed by atoms with van der Waals surface area (Å²) in [5.74, 6) is 0.261. The van der Waals surface area contributed by atoms with E-state index in [0.29, 0.717) is 5.56 Å². The molecule has 1 heterocycles. The Balaban J connectivity index is 2.37. The van der Waals surface area contributed by atoms with Crippen molar-refractivity contribution < 1.29 is 18.4 Å². The predicted octanol–water partition coefficient (Wildman–Crippen LogP) is 2.52. The lowest BCUT2D eigenvalue weighted by molar-refractivity contribution is -0.137. The molecule has 0 atom stereocenters. The van der Waals surface area contributed by atoms with Crippen LogP contribution in [0.3, 0.4) is 0 Å². The molecule has 0 spiro atoms. The van der Waals surface area contributed by atoms with Crippen LogP contribution in [0.25, 0.3) is 5.70 Å². The van der Waals surface area contributed by atoms with Gasteiger partial charge >= 0.3 is 6.18 Å². The fourth-order valence-electron chi connectivity index (χ4n) is 1.99. The summed E-state index contributed by atoms with van der Waals surface area (Å²) in [6.07, 6.45) is -2.03. The molecule has 122 valence electrons. The van der Waals surface area contributed by atoms with Crippen LogP contribution < -0.4 is 11.2 Å². The molecule has 1 aromatic heterocycles. The molecule has 0 radical (unpaired) electrons. The van der Waals surface area contributed by atoms with E-state index in [-0.39, 0.29) is 23.8 Å². The highest BCUT2D eigenvalue weighted by molar-refractivity contribution is 5.70. The van der Waals surface area contributed by atoms with Gasteiger partial charge < -0.3 is 10.3 Å². The lowest BCUT2D eigenvalue weighted by atomic mass is 10.1. The van der Waals surface area contributed by atoms with E-state index >= 15 is 0 Å². The van der Waals surface area contributed by atoms with Crippen molar-refractivity contribution in [3.05, 3.63) is 54.0 Å². The van der Waals surface area contributed by atoms with E-state index in [2.05, 4.69) is 16.6 Å². The number of hydrogen-bond donors (Lipinski definition) is 3. The zero-order chi connectivity index (χ0) is 17.0. The predicted molar refractivity (Wildman–Crippen MR) is 79.1 cm³/mol. The van der Waals surface area contributed by atoms with Crippen molar-refractivity contribution in [1.29, 1.82) is 0 Å². The van der Waals surface area contributed by atoms with Gasteiger partial charge in [0.15, 0.2) is 5.82 Å². The van der Waals surface area contributed by atoms with Crippen LogP contribution >= 0.6 is 0 Å². The van der Waals surface area contributed by atoms with Gasteiger partial charge in [-0.3, -0.25) is 10.7 Å². The second kappa shape index (κ2) is 6.53. The first-order chi connectivity index (χ1) is 10.8. The maximum Gasteiger partial charge on any atom is 0.416 e. The molecule has 2 aromatic rings. The minimum Gasteiger partial charge on any atom is -0.397 e. The summed E-state index contributed by atoms with van der Waals surface area (Å²) >= 11 is 0. The molecule has 0 aliphatic carbocycles. The molecule has 0 saturated heterocycles. The Morgan fingerprint density at radius 3 is 2.83 bits per heavy atom. The molecule has 0 amide bonds. The normalized spacial score (nSPS) is 11.8. The first kappa shape index (κ1) is 16.6. The van der Waals surface area contributed by atoms with Crippen molar-refractivity contribution in [2.45, 2.75) is 12.7 Å². The molecule has 0 saturated carbocycles. The summed E-state index contributed by atoms with van der Waals surface area (Å²) in [6, 6.07) is 4.94. The summed E-state index contributed by atoms with van der Waals surface area (Å²) in [7, 11) is 0. The molecule has 23 heavy (non-hydrogen) atoms. The lowest BCUT2D eigenvalue weighted by Gasteiger charge is -2.10. The number of nitrogens with one attached hydrogen (secondary N) is 1. The van der Waals surface area contributed by atoms with Crippen LogP contribution in [0.1, 0.15) is 16.8 Å². The van der Waals surface area contributed by atoms with Crippen LogP contribution in [0.4, 0.5) is 19.0 Å². The summed E-state index contributed by atoms with van der Waals surface area (Å²) in [4.78, 5) is 7.95. The SMILES string of the molecule is C=C(N)c1ncn(Cc2cccc(C(F)(F)F)c2)c1N=CNO. The van der Waals surface area contributed by atoms with Gasteiger partial charge in [0.05, 0.1) is 24.1 Å². The van der Waals surface area contributed by atoms with Crippen molar-refractivity contribution in [2.75, 3.05) is 0 Å². The number of halogens is 3. The fourth-order valence-corrected chi connectivity index (χ4v) is 1.99. The maximum absolute atomic E-state index is 12.8. The van der Waals surface area contributed by atoms with E-state index in [1.54, 1.807) is 11.5 Å². The summed E-state index contributed by atoms with van der Waals surface area (Å²) in [5.41, 5.74) is 7.45. The molecule has 6 nitrogen and oxygen atoms in total. The number of nitrogens with zero attached hydrogens (tertiary/aromatic N) is 3. The highest BCUT2D eigenvalue weighted by Crippen LogP contribution is 2.30. The molecule has 0 bridgehead atoms. The van der Waals surface area contributed by atoms with E-state index in [9.17, 15) is 13.2 Å². The second-order valence-electron chi connectivity index (χ2n) is 4.66. The third-order valence-corrected chi connectivity index (χ3v) is 2.97. The van der Waals surface area contributed by atoms with Gasteiger partial charge in [0.1, 0.15) is 12.0 Å². The quantitative estimate of drug-likeness (QED) is 0.448. The van der Waals surface area contributed by atoms with Crippen LogP contribution in [0.2, 0.25) is 0 Å². The van der Waals surface area contributed by atoms with E-state index in [1.165, 1.54) is 17.0 Å². The summed E-state index contributed by atoms with van der Waals surface area (Å²) in [6.45, 7) is 3.66. The Kier molecular flexibility index (Phi) is 4.70. The molecule has 9 heteroatoms. The van der Waals surface area contributed by atoms with Gasteiger partial charge in [0.2, 0.25) is 0 Å². The number of aromatic nitrogens is 2.